The van der Waals surface area contributed by atoms with E-state index < -0.39 is 5.97 Å². The van der Waals surface area contributed by atoms with Gasteiger partial charge in [0, 0.05) is 26.8 Å². The summed E-state index contributed by atoms with van der Waals surface area (Å²) in [5, 5.41) is 12.5. The maximum absolute atomic E-state index is 10.9. The highest BCUT2D eigenvalue weighted by atomic mass is 79.9. The summed E-state index contributed by atoms with van der Waals surface area (Å²) in [6.45, 7) is 7.10. The highest BCUT2D eigenvalue weighted by Crippen LogP contribution is 2.27. The maximum Gasteiger partial charge on any atom is 0.335 e. The molecule has 2 aromatic rings. The van der Waals surface area contributed by atoms with Gasteiger partial charge >= 0.3 is 5.97 Å². The summed E-state index contributed by atoms with van der Waals surface area (Å²) in [4.78, 5) is 13.6. The highest BCUT2D eigenvalue weighted by molar-refractivity contribution is 9.10. The van der Waals surface area contributed by atoms with Crippen molar-refractivity contribution in [3.8, 4) is 0 Å². The van der Waals surface area contributed by atoms with Crippen molar-refractivity contribution in [2.45, 2.75) is 33.4 Å². The molecule has 1 aromatic heterocycles. The van der Waals surface area contributed by atoms with Gasteiger partial charge in [-0.25, -0.2) is 4.79 Å². The van der Waals surface area contributed by atoms with Crippen LogP contribution in [0.25, 0.3) is 0 Å². The van der Waals surface area contributed by atoms with Crippen LogP contribution >= 0.6 is 27.3 Å². The Morgan fingerprint density at radius 2 is 2.10 bits per heavy atom. The van der Waals surface area contributed by atoms with E-state index in [1.807, 2.05) is 17.4 Å². The van der Waals surface area contributed by atoms with E-state index in [0.717, 1.165) is 10.0 Å². The molecule has 2 N–H and O–H groups in total. The molecule has 0 aliphatic rings. The first kappa shape index (κ1) is 16.2. The Balaban J connectivity index is 2.06. The molecule has 21 heavy (non-hydrogen) atoms. The summed E-state index contributed by atoms with van der Waals surface area (Å²) >= 11 is 5.25. The zero-order valence-corrected chi connectivity index (χ0v) is 14.6. The topological polar surface area (TPSA) is 49.3 Å². The van der Waals surface area contributed by atoms with Crippen molar-refractivity contribution in [2.24, 2.45) is 0 Å². The second kappa shape index (κ2) is 6.73. The second-order valence-electron chi connectivity index (χ2n) is 5.08. The van der Waals surface area contributed by atoms with Crippen LogP contribution in [0.15, 0.2) is 28.7 Å². The molecule has 1 aromatic carbocycles. The van der Waals surface area contributed by atoms with Gasteiger partial charge in [-0.1, -0.05) is 22.0 Å². The third kappa shape index (κ3) is 3.93. The summed E-state index contributed by atoms with van der Waals surface area (Å²) in [5.74, 6) is -0.909. The number of aromatic carboxylic acids is 1. The van der Waals surface area contributed by atoms with Gasteiger partial charge in [0.1, 0.15) is 0 Å². The van der Waals surface area contributed by atoms with Crippen LogP contribution in [-0.4, -0.2) is 11.1 Å². The lowest BCUT2D eigenvalue weighted by Gasteiger charge is -2.15. The van der Waals surface area contributed by atoms with Crippen LogP contribution in [0.1, 0.15) is 44.2 Å². The summed E-state index contributed by atoms with van der Waals surface area (Å²) in [6, 6.07) is 7.61. The normalized spacial score (nSPS) is 12.4. The average molecular weight is 368 g/mol. The molecule has 112 valence electrons. The third-order valence-electron chi connectivity index (χ3n) is 3.44. The second-order valence-corrected chi connectivity index (χ2v) is 7.40. The van der Waals surface area contributed by atoms with Gasteiger partial charge < -0.3 is 10.4 Å². The molecular weight excluding hydrogens is 350 g/mol. The van der Waals surface area contributed by atoms with E-state index >= 15 is 0 Å². The van der Waals surface area contributed by atoms with E-state index in [2.05, 4.69) is 48.1 Å². The predicted octanol–water partition coefficient (Wildman–Crippen LogP) is 4.68. The Morgan fingerprint density at radius 1 is 1.38 bits per heavy atom. The largest absolute Gasteiger partial charge is 0.478 e. The molecule has 0 amide bonds. The Bertz CT molecular complexity index is 666. The number of aryl methyl sites for hydroxylation is 2. The van der Waals surface area contributed by atoms with E-state index in [4.69, 9.17) is 5.11 Å². The van der Waals surface area contributed by atoms with Gasteiger partial charge in [0.25, 0.3) is 0 Å². The fraction of sp³-hybridized carbons (Fsp3) is 0.312. The van der Waals surface area contributed by atoms with Crippen molar-refractivity contribution in [2.75, 3.05) is 0 Å². The number of carbonyl (C=O) groups is 1. The van der Waals surface area contributed by atoms with E-state index in [0.29, 0.717) is 12.1 Å². The summed E-state index contributed by atoms with van der Waals surface area (Å²) < 4.78 is 0.820. The molecule has 0 fully saturated rings. The van der Waals surface area contributed by atoms with E-state index in [-0.39, 0.29) is 6.04 Å². The molecule has 0 spiro atoms. The summed E-state index contributed by atoms with van der Waals surface area (Å²) in [6.07, 6.45) is 0. The molecule has 3 nitrogen and oxygen atoms in total. The zero-order valence-electron chi connectivity index (χ0n) is 12.2. The number of halogens is 1. The van der Waals surface area contributed by atoms with Crippen molar-refractivity contribution in [3.63, 3.8) is 0 Å². The number of nitrogens with one attached hydrogen (secondary N) is 1. The SMILES string of the molecule is Cc1cc(C(C)NCc2ccc(C(=O)O)cc2Br)c(C)s1. The molecule has 0 aliphatic heterocycles. The van der Waals surface area contributed by atoms with Crippen LogP contribution in [0.4, 0.5) is 0 Å². The van der Waals surface area contributed by atoms with Crippen LogP contribution in [-0.2, 0) is 6.54 Å². The first-order chi connectivity index (χ1) is 9.88. The Labute approximate surface area is 137 Å². The average Bonchev–Trinajstić information content (AvgIpc) is 2.75. The van der Waals surface area contributed by atoms with Crippen molar-refractivity contribution in [1.29, 1.82) is 0 Å². The fourth-order valence-electron chi connectivity index (χ4n) is 2.28. The zero-order chi connectivity index (χ0) is 15.6. The van der Waals surface area contributed by atoms with Crippen LogP contribution < -0.4 is 5.32 Å². The number of benzene rings is 1. The van der Waals surface area contributed by atoms with Gasteiger partial charge in [-0.15, -0.1) is 11.3 Å². The molecule has 1 atom stereocenters. The number of hydrogen-bond donors (Lipinski definition) is 2. The van der Waals surface area contributed by atoms with Gasteiger partial charge in [0.2, 0.25) is 0 Å². The minimum Gasteiger partial charge on any atom is -0.478 e. The minimum absolute atomic E-state index is 0.265. The van der Waals surface area contributed by atoms with Crippen LogP contribution in [0.5, 0.6) is 0 Å². The van der Waals surface area contributed by atoms with Gasteiger partial charge in [-0.05, 0) is 50.1 Å². The van der Waals surface area contributed by atoms with Crippen molar-refractivity contribution in [3.05, 3.63) is 55.2 Å². The third-order valence-corrected chi connectivity index (χ3v) is 5.16. The van der Waals surface area contributed by atoms with E-state index in [9.17, 15) is 4.79 Å². The molecule has 0 aliphatic carbocycles. The van der Waals surface area contributed by atoms with E-state index in [1.165, 1.54) is 15.3 Å². The Hall–Kier alpha value is -1.17. The summed E-state index contributed by atoms with van der Waals surface area (Å²) in [7, 11) is 0. The maximum atomic E-state index is 10.9. The van der Waals surface area contributed by atoms with Crippen LogP contribution in [0.3, 0.4) is 0 Å². The number of hydrogen-bond acceptors (Lipinski definition) is 3. The lowest BCUT2D eigenvalue weighted by Crippen LogP contribution is -2.18. The molecule has 0 radical (unpaired) electrons. The summed E-state index contributed by atoms with van der Waals surface area (Å²) in [5.41, 5.74) is 2.68. The quantitative estimate of drug-likeness (QED) is 0.806. The fourth-order valence-corrected chi connectivity index (χ4v) is 3.82. The molecule has 0 saturated carbocycles. The van der Waals surface area contributed by atoms with Gasteiger partial charge in [0.15, 0.2) is 0 Å². The lowest BCUT2D eigenvalue weighted by atomic mass is 10.1. The van der Waals surface area contributed by atoms with Gasteiger partial charge in [-0.3, -0.25) is 0 Å². The standard InChI is InChI=1S/C16H18BrNO2S/c1-9-6-14(11(3)21-9)10(2)18-8-13-5-4-12(16(19)20)7-15(13)17/h4-7,10,18H,8H2,1-3H3,(H,19,20). The lowest BCUT2D eigenvalue weighted by molar-refractivity contribution is 0.0697. The Kier molecular flexibility index (Phi) is 5.19. The molecule has 1 heterocycles. The Morgan fingerprint density at radius 3 is 2.62 bits per heavy atom. The van der Waals surface area contributed by atoms with Crippen LogP contribution in [0.2, 0.25) is 0 Å². The highest BCUT2D eigenvalue weighted by Gasteiger charge is 2.12. The monoisotopic (exact) mass is 367 g/mol. The molecule has 0 bridgehead atoms. The van der Waals surface area contributed by atoms with Crippen molar-refractivity contribution >= 4 is 33.2 Å². The van der Waals surface area contributed by atoms with Crippen molar-refractivity contribution in [1.82, 2.24) is 5.32 Å². The number of thiophene rings is 1. The minimum atomic E-state index is -0.909. The molecule has 1 unspecified atom stereocenters. The van der Waals surface area contributed by atoms with Crippen molar-refractivity contribution < 1.29 is 9.90 Å². The predicted molar refractivity (Wildman–Crippen MR) is 90.1 cm³/mol. The molecular formula is C16H18BrNO2S. The molecule has 0 saturated heterocycles. The van der Waals surface area contributed by atoms with Gasteiger partial charge in [-0.2, -0.15) is 0 Å². The van der Waals surface area contributed by atoms with Gasteiger partial charge in [0.05, 0.1) is 5.56 Å². The number of carboxylic acid groups (broad SMARTS) is 1. The first-order valence-electron chi connectivity index (χ1n) is 6.70. The molecule has 2 rings (SSSR count). The van der Waals surface area contributed by atoms with Crippen LogP contribution in [0, 0.1) is 13.8 Å². The number of rotatable bonds is 5. The molecule has 5 heteroatoms. The first-order valence-corrected chi connectivity index (χ1v) is 8.31. The van der Waals surface area contributed by atoms with E-state index in [1.54, 1.807) is 12.1 Å². The smallest absolute Gasteiger partial charge is 0.335 e. The number of carboxylic acids is 1.